The summed E-state index contributed by atoms with van der Waals surface area (Å²) >= 11 is 1.34. The first-order valence-electron chi connectivity index (χ1n) is 12.6. The lowest BCUT2D eigenvalue weighted by molar-refractivity contribution is -0.110. The van der Waals surface area contributed by atoms with Crippen LogP contribution in [0.25, 0.3) is 0 Å². The number of carbonyl (C=O) groups is 1. The highest BCUT2D eigenvalue weighted by Crippen LogP contribution is 2.24. The summed E-state index contributed by atoms with van der Waals surface area (Å²) in [5.74, 6) is -0.123. The van der Waals surface area contributed by atoms with Crippen molar-refractivity contribution in [3.63, 3.8) is 0 Å². The molecule has 1 amide bonds. The first kappa shape index (κ1) is 27.2. The quantitative estimate of drug-likeness (QED) is 0.458. The van der Waals surface area contributed by atoms with Gasteiger partial charge in [-0.2, -0.15) is 5.10 Å². The van der Waals surface area contributed by atoms with Gasteiger partial charge in [0.15, 0.2) is 30.5 Å². The number of ether oxygens (including phenoxy) is 1. The second-order valence-electron chi connectivity index (χ2n) is 9.68. The first-order chi connectivity index (χ1) is 18.2. The van der Waals surface area contributed by atoms with Crippen LogP contribution in [0.3, 0.4) is 0 Å². The Morgan fingerprint density at radius 1 is 1.13 bits per heavy atom. The zero-order valence-corrected chi connectivity index (χ0v) is 23.4. The van der Waals surface area contributed by atoms with Gasteiger partial charge in [-0.1, -0.05) is 12.1 Å². The molecule has 0 bridgehead atoms. The maximum absolute atomic E-state index is 13.3. The largest absolute Gasteiger partial charge is 0.380 e. The van der Waals surface area contributed by atoms with Gasteiger partial charge in [0.25, 0.3) is 5.91 Å². The smallest absolute Gasteiger partial charge is 0.278 e. The van der Waals surface area contributed by atoms with E-state index in [-0.39, 0.29) is 28.7 Å². The number of nitrogens with one attached hydrogen (secondary N) is 1. The van der Waals surface area contributed by atoms with Crippen LogP contribution < -0.4 is 5.32 Å². The Morgan fingerprint density at radius 2 is 1.84 bits per heavy atom. The Kier molecular flexibility index (Phi) is 8.14. The molecule has 0 radical (unpaired) electrons. The molecular formula is C24H31N5O6S3. The molecule has 3 fully saturated rings. The van der Waals surface area contributed by atoms with E-state index >= 15 is 0 Å². The Balaban J connectivity index is 1.30. The zero-order chi connectivity index (χ0) is 26.8. The minimum Gasteiger partial charge on any atom is -0.380 e. The maximum atomic E-state index is 13.3. The summed E-state index contributed by atoms with van der Waals surface area (Å²) in [6.45, 7) is 3.66. The molecule has 3 aliphatic heterocycles. The number of rotatable bonds is 8. The van der Waals surface area contributed by atoms with Gasteiger partial charge in [-0.3, -0.25) is 20.0 Å². The van der Waals surface area contributed by atoms with Crippen molar-refractivity contribution in [3.05, 3.63) is 40.9 Å². The molecule has 1 aromatic heterocycles. The molecule has 0 saturated carbocycles. The Morgan fingerprint density at radius 3 is 2.50 bits per heavy atom. The fourth-order valence-corrected chi connectivity index (χ4v) is 8.36. The van der Waals surface area contributed by atoms with Crippen LogP contribution in [0, 0.1) is 0 Å². The van der Waals surface area contributed by atoms with Crippen LogP contribution in [0.15, 0.2) is 40.5 Å². The van der Waals surface area contributed by atoms with Gasteiger partial charge >= 0.3 is 0 Å². The highest BCUT2D eigenvalue weighted by molar-refractivity contribution is 7.92. The number of thiazole rings is 1. The molecule has 1 aromatic carbocycles. The van der Waals surface area contributed by atoms with E-state index in [0.29, 0.717) is 43.4 Å². The third-order valence-electron chi connectivity index (χ3n) is 6.91. The normalized spacial score (nSPS) is 22.6. The van der Waals surface area contributed by atoms with Crippen molar-refractivity contribution in [2.24, 2.45) is 5.10 Å². The number of hydrogen-bond acceptors (Lipinski definition) is 11. The van der Waals surface area contributed by atoms with Gasteiger partial charge in [-0.05, 0) is 31.4 Å². The Labute approximate surface area is 226 Å². The zero-order valence-electron chi connectivity index (χ0n) is 20.9. The van der Waals surface area contributed by atoms with E-state index in [0.717, 1.165) is 30.8 Å². The van der Waals surface area contributed by atoms with E-state index in [2.05, 4.69) is 20.3 Å². The van der Waals surface area contributed by atoms with Crippen molar-refractivity contribution in [1.82, 2.24) is 14.9 Å². The third-order valence-corrected chi connectivity index (χ3v) is 11.6. The lowest BCUT2D eigenvalue weighted by Gasteiger charge is -2.25. The first-order valence-corrected chi connectivity index (χ1v) is 16.8. The van der Waals surface area contributed by atoms with Crippen molar-refractivity contribution in [1.29, 1.82) is 0 Å². The molecule has 1 N–H and O–H groups in total. The number of hydrogen-bond donors (Lipinski definition) is 1. The Hall–Kier alpha value is -2.39. The second-order valence-corrected chi connectivity index (χ2v) is 15.3. The molecule has 0 aliphatic carbocycles. The molecule has 3 saturated heterocycles. The van der Waals surface area contributed by atoms with E-state index in [9.17, 15) is 21.6 Å². The maximum Gasteiger partial charge on any atom is 0.278 e. The number of carbonyl (C=O) groups excluding carboxylic acids is 1. The highest BCUT2D eigenvalue weighted by Gasteiger charge is 2.31. The Bertz CT molecular complexity index is 1380. The van der Waals surface area contributed by atoms with Crippen LogP contribution in [-0.2, 0) is 35.8 Å². The predicted molar refractivity (Wildman–Crippen MR) is 145 cm³/mol. The third kappa shape index (κ3) is 6.42. The van der Waals surface area contributed by atoms with Crippen LogP contribution in [0.4, 0.5) is 5.13 Å². The monoisotopic (exact) mass is 581 g/mol. The fraction of sp³-hybridized carbons (Fsp3) is 0.542. The van der Waals surface area contributed by atoms with Gasteiger partial charge < -0.3 is 4.74 Å². The van der Waals surface area contributed by atoms with Crippen molar-refractivity contribution < 1.29 is 26.4 Å². The summed E-state index contributed by atoms with van der Waals surface area (Å²) < 4.78 is 54.4. The molecule has 0 spiro atoms. The lowest BCUT2D eigenvalue weighted by Crippen LogP contribution is -2.39. The predicted octanol–water partition coefficient (Wildman–Crippen LogP) is 1.37. The standard InChI is InChI=1S/C24H31N5O6S3/c30-23(26-24-25-15-19(36-24)16-28-10-13-37(31,32)14-11-28)22(27-29-8-1-2-9-29)18-3-5-20(6-4-18)38(33,34)21-7-12-35-17-21/h3-6,15,21H,1-2,7-14,16-17H2,(H,25,26,30)/b27-22+/t21-/m0/s1. The number of benzene rings is 1. The topological polar surface area (TPSA) is 138 Å². The van der Waals surface area contributed by atoms with Crippen LogP contribution in [0.2, 0.25) is 0 Å². The number of anilines is 1. The number of sulfone groups is 2. The molecule has 0 unspecified atom stereocenters. The number of hydrazone groups is 1. The fourth-order valence-electron chi connectivity index (χ4n) is 4.65. The van der Waals surface area contributed by atoms with E-state index in [1.165, 1.54) is 23.5 Å². The molecule has 3 aliphatic rings. The summed E-state index contributed by atoms with van der Waals surface area (Å²) in [5, 5.41) is 9.16. The van der Waals surface area contributed by atoms with Crippen molar-refractivity contribution in [3.8, 4) is 0 Å². The molecule has 1 atom stereocenters. The molecule has 5 rings (SSSR count). The second kappa shape index (κ2) is 11.4. The van der Waals surface area contributed by atoms with E-state index in [1.807, 2.05) is 5.01 Å². The van der Waals surface area contributed by atoms with Gasteiger partial charge in [0.2, 0.25) is 0 Å². The van der Waals surface area contributed by atoms with Gasteiger partial charge in [0, 0.05) is 56.0 Å². The van der Waals surface area contributed by atoms with Crippen molar-refractivity contribution in [2.75, 3.05) is 56.2 Å². The average Bonchev–Trinajstić information content (AvgIpc) is 3.68. The van der Waals surface area contributed by atoms with Gasteiger partial charge in [0.05, 0.1) is 28.3 Å². The summed E-state index contributed by atoms with van der Waals surface area (Å²) in [7, 11) is -6.46. The molecular weight excluding hydrogens is 550 g/mol. The van der Waals surface area contributed by atoms with Gasteiger partial charge in [0.1, 0.15) is 0 Å². The average molecular weight is 582 g/mol. The number of aromatic nitrogens is 1. The van der Waals surface area contributed by atoms with Crippen LogP contribution in [0.1, 0.15) is 29.7 Å². The molecule has 14 heteroatoms. The van der Waals surface area contributed by atoms with Crippen LogP contribution in [-0.4, -0.2) is 99.5 Å². The van der Waals surface area contributed by atoms with Gasteiger partial charge in [-0.25, -0.2) is 21.8 Å². The van der Waals surface area contributed by atoms with E-state index < -0.39 is 30.8 Å². The number of amides is 1. The summed E-state index contributed by atoms with van der Waals surface area (Å²) in [4.78, 5) is 20.9. The molecule has 2 aromatic rings. The van der Waals surface area contributed by atoms with Crippen LogP contribution in [0.5, 0.6) is 0 Å². The minimum atomic E-state index is -3.51. The highest BCUT2D eigenvalue weighted by atomic mass is 32.2. The molecule has 206 valence electrons. The molecule has 11 nitrogen and oxygen atoms in total. The van der Waals surface area contributed by atoms with Crippen molar-refractivity contribution >= 4 is 47.8 Å². The summed E-state index contributed by atoms with van der Waals surface area (Å²) in [6.07, 6.45) is 4.15. The molecule has 38 heavy (non-hydrogen) atoms. The van der Waals surface area contributed by atoms with E-state index in [1.54, 1.807) is 18.3 Å². The van der Waals surface area contributed by atoms with E-state index in [4.69, 9.17) is 4.74 Å². The van der Waals surface area contributed by atoms with Crippen LogP contribution >= 0.6 is 11.3 Å². The minimum absolute atomic E-state index is 0.153. The summed E-state index contributed by atoms with van der Waals surface area (Å²) in [5.41, 5.74) is 0.709. The summed E-state index contributed by atoms with van der Waals surface area (Å²) in [6, 6.07) is 6.29. The molecule has 4 heterocycles. The van der Waals surface area contributed by atoms with Crippen molar-refractivity contribution in [2.45, 2.75) is 36.0 Å². The van der Waals surface area contributed by atoms with Gasteiger partial charge in [-0.15, -0.1) is 11.3 Å². The number of nitrogens with zero attached hydrogens (tertiary/aromatic N) is 4. The SMILES string of the molecule is O=C(Nc1ncc(CN2CCS(=O)(=O)CC2)s1)/C(=N/N1CCCC1)c1ccc(S(=O)(=O)[C@H]2CCOC2)cc1. The lowest BCUT2D eigenvalue weighted by atomic mass is 10.1.